The van der Waals surface area contributed by atoms with Crippen LogP contribution >= 0.6 is 0 Å². The number of hydrogen-bond donors (Lipinski definition) is 1. The van der Waals surface area contributed by atoms with Gasteiger partial charge in [-0.3, -0.25) is 9.69 Å². The van der Waals surface area contributed by atoms with E-state index in [1.165, 1.54) is 11.1 Å². The standard InChI is InChI=1S/C24H26N4O2/c29-24(26-20-6-8-21(9-7-20)28-14-3-12-25-28)22-4-1-2-13-27(22)17-18-5-10-23-19(16-18)11-15-30-23/h3,5-10,12,14,16,22H,1-2,4,11,13,15,17H2,(H,26,29)/t22-/m0/s1. The molecule has 0 saturated carbocycles. The Balaban J connectivity index is 1.26. The van der Waals surface area contributed by atoms with Gasteiger partial charge in [0.1, 0.15) is 5.75 Å². The van der Waals surface area contributed by atoms with Gasteiger partial charge < -0.3 is 10.1 Å². The number of piperidine rings is 1. The Morgan fingerprint density at radius 2 is 2.07 bits per heavy atom. The second kappa shape index (κ2) is 8.32. The third kappa shape index (κ3) is 3.96. The average Bonchev–Trinajstić information content (AvgIpc) is 3.46. The summed E-state index contributed by atoms with van der Waals surface area (Å²) in [5, 5.41) is 7.35. The molecule has 1 atom stereocenters. The van der Waals surface area contributed by atoms with Gasteiger partial charge in [-0.2, -0.15) is 5.10 Å². The number of benzene rings is 2. The number of hydrogen-bond acceptors (Lipinski definition) is 4. The van der Waals surface area contributed by atoms with Gasteiger partial charge >= 0.3 is 0 Å². The van der Waals surface area contributed by atoms with Crippen LogP contribution < -0.4 is 10.1 Å². The molecule has 2 aromatic carbocycles. The first-order valence-corrected chi connectivity index (χ1v) is 10.7. The largest absolute Gasteiger partial charge is 0.493 e. The molecule has 154 valence electrons. The molecule has 1 amide bonds. The molecular weight excluding hydrogens is 376 g/mol. The molecule has 6 nitrogen and oxygen atoms in total. The second-order valence-corrected chi connectivity index (χ2v) is 8.01. The van der Waals surface area contributed by atoms with Crippen molar-refractivity contribution >= 4 is 11.6 Å². The number of fused-ring (bicyclic) bond motifs is 1. The zero-order valence-corrected chi connectivity index (χ0v) is 17.0. The Hall–Kier alpha value is -3.12. The van der Waals surface area contributed by atoms with Crippen molar-refractivity contribution in [2.75, 3.05) is 18.5 Å². The zero-order valence-electron chi connectivity index (χ0n) is 17.0. The minimum Gasteiger partial charge on any atom is -0.493 e. The van der Waals surface area contributed by atoms with Crippen molar-refractivity contribution in [3.05, 3.63) is 72.1 Å². The van der Waals surface area contributed by atoms with Crippen LogP contribution in [0.1, 0.15) is 30.4 Å². The molecule has 1 N–H and O–H groups in total. The molecule has 0 radical (unpaired) electrons. The number of amides is 1. The third-order valence-electron chi connectivity index (χ3n) is 5.96. The molecule has 0 aliphatic carbocycles. The maximum Gasteiger partial charge on any atom is 0.241 e. The summed E-state index contributed by atoms with van der Waals surface area (Å²) in [5.74, 6) is 1.08. The van der Waals surface area contributed by atoms with E-state index in [1.54, 1.807) is 10.9 Å². The van der Waals surface area contributed by atoms with Crippen LogP contribution in [0.4, 0.5) is 5.69 Å². The summed E-state index contributed by atoms with van der Waals surface area (Å²) in [6.45, 7) is 2.51. The fourth-order valence-electron chi connectivity index (χ4n) is 4.39. The predicted molar refractivity (Wildman–Crippen MR) is 116 cm³/mol. The van der Waals surface area contributed by atoms with E-state index in [2.05, 4.69) is 33.5 Å². The fraction of sp³-hybridized carbons (Fsp3) is 0.333. The molecule has 1 fully saturated rings. The quantitative estimate of drug-likeness (QED) is 0.705. The van der Waals surface area contributed by atoms with Crippen LogP contribution in [0.15, 0.2) is 60.9 Å². The van der Waals surface area contributed by atoms with Gasteiger partial charge in [-0.05, 0) is 66.9 Å². The molecule has 5 rings (SSSR count). The highest BCUT2D eigenvalue weighted by molar-refractivity contribution is 5.95. The summed E-state index contributed by atoms with van der Waals surface area (Å²) in [5.41, 5.74) is 4.32. The number of rotatable bonds is 5. The van der Waals surface area contributed by atoms with Gasteiger partial charge in [0.25, 0.3) is 0 Å². The molecular formula is C24H26N4O2. The van der Waals surface area contributed by atoms with E-state index >= 15 is 0 Å². The van der Waals surface area contributed by atoms with Gasteiger partial charge in [0.15, 0.2) is 0 Å². The molecule has 1 aromatic heterocycles. The summed E-state index contributed by atoms with van der Waals surface area (Å²) in [6.07, 6.45) is 7.74. The van der Waals surface area contributed by atoms with Crippen molar-refractivity contribution in [3.8, 4) is 11.4 Å². The lowest BCUT2D eigenvalue weighted by molar-refractivity contribution is -0.122. The van der Waals surface area contributed by atoms with Gasteiger partial charge in [-0.1, -0.05) is 18.6 Å². The molecule has 1 saturated heterocycles. The average molecular weight is 402 g/mol. The normalized spacial score (nSPS) is 18.6. The van der Waals surface area contributed by atoms with E-state index in [4.69, 9.17) is 4.74 Å². The molecule has 30 heavy (non-hydrogen) atoms. The molecule has 3 heterocycles. The maximum atomic E-state index is 13.1. The number of carbonyl (C=O) groups excluding carboxylic acids is 1. The summed E-state index contributed by atoms with van der Waals surface area (Å²) < 4.78 is 7.42. The van der Waals surface area contributed by atoms with Crippen molar-refractivity contribution < 1.29 is 9.53 Å². The van der Waals surface area contributed by atoms with E-state index < -0.39 is 0 Å². The van der Waals surface area contributed by atoms with Crippen LogP contribution in [-0.4, -0.2) is 39.8 Å². The molecule has 0 unspecified atom stereocenters. The van der Waals surface area contributed by atoms with Gasteiger partial charge in [0, 0.05) is 31.0 Å². The van der Waals surface area contributed by atoms with Crippen LogP contribution in [0.5, 0.6) is 5.75 Å². The molecule has 2 aliphatic heterocycles. The number of carbonyl (C=O) groups is 1. The van der Waals surface area contributed by atoms with Crippen LogP contribution in [0, 0.1) is 0 Å². The van der Waals surface area contributed by atoms with Crippen molar-refractivity contribution in [2.45, 2.75) is 38.3 Å². The van der Waals surface area contributed by atoms with E-state index in [9.17, 15) is 4.79 Å². The fourth-order valence-corrected chi connectivity index (χ4v) is 4.39. The second-order valence-electron chi connectivity index (χ2n) is 8.01. The van der Waals surface area contributed by atoms with Gasteiger partial charge in [0.2, 0.25) is 5.91 Å². The number of anilines is 1. The molecule has 3 aromatic rings. The van der Waals surface area contributed by atoms with Crippen molar-refractivity contribution in [1.82, 2.24) is 14.7 Å². The predicted octanol–water partition coefficient (Wildman–Crippen LogP) is 3.80. The minimum atomic E-state index is -0.103. The lowest BCUT2D eigenvalue weighted by Gasteiger charge is -2.34. The van der Waals surface area contributed by atoms with Crippen LogP contribution in [0.2, 0.25) is 0 Å². The van der Waals surface area contributed by atoms with Crippen molar-refractivity contribution in [3.63, 3.8) is 0 Å². The Morgan fingerprint density at radius 3 is 2.90 bits per heavy atom. The zero-order chi connectivity index (χ0) is 20.3. The molecule has 0 spiro atoms. The highest BCUT2D eigenvalue weighted by Gasteiger charge is 2.29. The first-order valence-electron chi connectivity index (χ1n) is 10.7. The molecule has 2 aliphatic rings. The van der Waals surface area contributed by atoms with Gasteiger partial charge in [-0.15, -0.1) is 0 Å². The summed E-state index contributed by atoms with van der Waals surface area (Å²) in [4.78, 5) is 15.4. The van der Waals surface area contributed by atoms with Gasteiger partial charge in [-0.25, -0.2) is 4.68 Å². The smallest absolute Gasteiger partial charge is 0.241 e. The van der Waals surface area contributed by atoms with Crippen LogP contribution in [0.3, 0.4) is 0 Å². The third-order valence-corrected chi connectivity index (χ3v) is 5.96. The number of ether oxygens (including phenoxy) is 1. The van der Waals surface area contributed by atoms with Crippen molar-refractivity contribution in [2.24, 2.45) is 0 Å². The Kier molecular flexibility index (Phi) is 5.24. The topological polar surface area (TPSA) is 59.4 Å². The summed E-state index contributed by atoms with van der Waals surface area (Å²) in [7, 11) is 0. The number of likely N-dealkylation sites (tertiary alicyclic amines) is 1. The summed E-state index contributed by atoms with van der Waals surface area (Å²) >= 11 is 0. The van der Waals surface area contributed by atoms with Crippen LogP contribution in [-0.2, 0) is 17.8 Å². The van der Waals surface area contributed by atoms with E-state index in [0.29, 0.717) is 0 Å². The maximum absolute atomic E-state index is 13.1. The number of nitrogens with one attached hydrogen (secondary N) is 1. The highest BCUT2D eigenvalue weighted by Crippen LogP contribution is 2.28. The highest BCUT2D eigenvalue weighted by atomic mass is 16.5. The van der Waals surface area contributed by atoms with E-state index in [-0.39, 0.29) is 11.9 Å². The minimum absolute atomic E-state index is 0.0750. The lowest BCUT2D eigenvalue weighted by atomic mass is 9.99. The van der Waals surface area contributed by atoms with E-state index in [0.717, 1.165) is 62.5 Å². The number of aromatic nitrogens is 2. The first-order chi connectivity index (χ1) is 14.8. The molecule has 6 heteroatoms. The Bertz CT molecular complexity index is 1010. The number of nitrogens with zero attached hydrogens (tertiary/aromatic N) is 3. The monoisotopic (exact) mass is 402 g/mol. The van der Waals surface area contributed by atoms with E-state index in [1.807, 2.05) is 36.5 Å². The lowest BCUT2D eigenvalue weighted by Crippen LogP contribution is -2.46. The summed E-state index contributed by atoms with van der Waals surface area (Å²) in [6, 6.07) is 16.0. The first kappa shape index (κ1) is 18.9. The Labute approximate surface area is 176 Å². The van der Waals surface area contributed by atoms with Crippen LogP contribution in [0.25, 0.3) is 5.69 Å². The molecule has 0 bridgehead atoms. The van der Waals surface area contributed by atoms with Crippen molar-refractivity contribution in [1.29, 1.82) is 0 Å². The van der Waals surface area contributed by atoms with Gasteiger partial charge in [0.05, 0.1) is 18.3 Å². The SMILES string of the molecule is O=C(Nc1ccc(-n2cccn2)cc1)[C@@H]1CCCCN1Cc1ccc2c(c1)CCO2. The Morgan fingerprint density at radius 1 is 1.17 bits per heavy atom.